The summed E-state index contributed by atoms with van der Waals surface area (Å²) in [6.07, 6.45) is 1.90. The highest BCUT2D eigenvalue weighted by Gasteiger charge is 2.29. The van der Waals surface area contributed by atoms with Crippen LogP contribution < -0.4 is 5.01 Å². The van der Waals surface area contributed by atoms with E-state index in [-0.39, 0.29) is 5.91 Å². The molecule has 0 N–H and O–H groups in total. The molecule has 0 atom stereocenters. The van der Waals surface area contributed by atoms with E-state index in [0.29, 0.717) is 22.0 Å². The van der Waals surface area contributed by atoms with Crippen LogP contribution in [0, 0.1) is 27.7 Å². The van der Waals surface area contributed by atoms with Gasteiger partial charge in [-0.2, -0.15) is 15.2 Å². The fourth-order valence-electron chi connectivity index (χ4n) is 3.56. The number of halogens is 1. The van der Waals surface area contributed by atoms with Gasteiger partial charge in [0.2, 0.25) is 0 Å². The van der Waals surface area contributed by atoms with Gasteiger partial charge in [-0.05, 0) is 88.2 Å². The highest BCUT2D eigenvalue weighted by atomic mass is 35.5. The molecule has 0 aliphatic carbocycles. The molecule has 1 aliphatic rings. The van der Waals surface area contributed by atoms with Crippen molar-refractivity contribution in [1.29, 1.82) is 0 Å². The van der Waals surface area contributed by atoms with Crippen molar-refractivity contribution in [3.05, 3.63) is 81.1 Å². The zero-order chi connectivity index (χ0) is 21.6. The maximum absolute atomic E-state index is 13.1. The lowest BCUT2D eigenvalue weighted by atomic mass is 10.1. The molecule has 2 aromatic carbocycles. The molecule has 0 unspecified atom stereocenters. The van der Waals surface area contributed by atoms with E-state index >= 15 is 0 Å². The second-order valence-electron chi connectivity index (χ2n) is 7.60. The van der Waals surface area contributed by atoms with Crippen molar-refractivity contribution in [2.75, 3.05) is 5.01 Å². The molecule has 1 aliphatic heterocycles. The van der Waals surface area contributed by atoms with Crippen molar-refractivity contribution < 1.29 is 4.79 Å². The SMILES string of the molecule is CC1=NN(c2ccc(Cl)cc2)C(=O)/C1=C\c1c(C)nn(-c2ccc(C)c(C)c2)c1C. The number of aromatic nitrogens is 2. The topological polar surface area (TPSA) is 50.5 Å². The highest BCUT2D eigenvalue weighted by molar-refractivity contribution is 6.32. The molecule has 6 heteroatoms. The van der Waals surface area contributed by atoms with E-state index in [9.17, 15) is 4.79 Å². The lowest BCUT2D eigenvalue weighted by Crippen LogP contribution is -2.21. The molecule has 0 bridgehead atoms. The molecule has 5 nitrogen and oxygen atoms in total. The highest BCUT2D eigenvalue weighted by Crippen LogP contribution is 2.28. The number of rotatable bonds is 3. The van der Waals surface area contributed by atoms with Gasteiger partial charge >= 0.3 is 0 Å². The molecule has 0 saturated carbocycles. The molecule has 152 valence electrons. The number of carbonyl (C=O) groups excluding carboxylic acids is 1. The van der Waals surface area contributed by atoms with E-state index < -0.39 is 0 Å². The summed E-state index contributed by atoms with van der Waals surface area (Å²) >= 11 is 5.97. The monoisotopic (exact) mass is 418 g/mol. The van der Waals surface area contributed by atoms with Crippen molar-refractivity contribution >= 4 is 35.0 Å². The second-order valence-corrected chi connectivity index (χ2v) is 8.04. The van der Waals surface area contributed by atoms with Gasteiger partial charge in [0.25, 0.3) is 5.91 Å². The number of benzene rings is 2. The molecular formula is C24H23ClN4O. The quantitative estimate of drug-likeness (QED) is 0.522. The first kappa shape index (κ1) is 20.1. The predicted molar refractivity (Wildman–Crippen MR) is 123 cm³/mol. The molecular weight excluding hydrogens is 396 g/mol. The van der Waals surface area contributed by atoms with Gasteiger partial charge in [0.05, 0.1) is 28.4 Å². The minimum Gasteiger partial charge on any atom is -0.267 e. The van der Waals surface area contributed by atoms with Gasteiger partial charge in [0.1, 0.15) is 0 Å². The zero-order valence-corrected chi connectivity index (χ0v) is 18.4. The lowest BCUT2D eigenvalue weighted by molar-refractivity contribution is -0.114. The second kappa shape index (κ2) is 7.58. The van der Waals surface area contributed by atoms with Crippen LogP contribution in [0.3, 0.4) is 0 Å². The van der Waals surface area contributed by atoms with Crippen LogP contribution in [0.15, 0.2) is 53.1 Å². The van der Waals surface area contributed by atoms with Gasteiger partial charge in [0, 0.05) is 16.3 Å². The Kier molecular flexibility index (Phi) is 5.08. The summed E-state index contributed by atoms with van der Waals surface area (Å²) in [5, 5.41) is 11.2. The maximum atomic E-state index is 13.1. The molecule has 3 aromatic rings. The lowest BCUT2D eigenvalue weighted by Gasteiger charge is -2.11. The molecule has 30 heavy (non-hydrogen) atoms. The number of hydrazone groups is 1. The van der Waals surface area contributed by atoms with Gasteiger partial charge in [-0.25, -0.2) is 4.68 Å². The predicted octanol–water partition coefficient (Wildman–Crippen LogP) is 5.57. The van der Waals surface area contributed by atoms with Gasteiger partial charge in [0.15, 0.2) is 0 Å². The zero-order valence-electron chi connectivity index (χ0n) is 17.7. The van der Waals surface area contributed by atoms with Crippen LogP contribution in [0.2, 0.25) is 5.02 Å². The Morgan fingerprint density at radius 1 is 0.900 bits per heavy atom. The molecule has 2 heterocycles. The molecule has 4 rings (SSSR count). The Bertz CT molecular complexity index is 1220. The van der Waals surface area contributed by atoms with Crippen LogP contribution in [0.4, 0.5) is 5.69 Å². The number of amides is 1. The van der Waals surface area contributed by atoms with E-state index in [1.807, 2.05) is 31.5 Å². The van der Waals surface area contributed by atoms with Crippen LogP contribution in [-0.2, 0) is 4.79 Å². The van der Waals surface area contributed by atoms with Gasteiger partial charge < -0.3 is 0 Å². The van der Waals surface area contributed by atoms with E-state index in [4.69, 9.17) is 16.7 Å². The molecule has 0 radical (unpaired) electrons. The van der Waals surface area contributed by atoms with Crippen LogP contribution in [0.25, 0.3) is 11.8 Å². The van der Waals surface area contributed by atoms with Gasteiger partial charge in [-0.1, -0.05) is 17.7 Å². The van der Waals surface area contributed by atoms with Crippen molar-refractivity contribution in [3.63, 3.8) is 0 Å². The Balaban J connectivity index is 1.72. The Morgan fingerprint density at radius 3 is 2.23 bits per heavy atom. The Labute approximate surface area is 181 Å². The number of hydrogen-bond donors (Lipinski definition) is 0. The number of anilines is 1. The summed E-state index contributed by atoms with van der Waals surface area (Å²) in [5.41, 5.74) is 8.17. The van der Waals surface area contributed by atoms with E-state index in [1.165, 1.54) is 16.1 Å². The van der Waals surface area contributed by atoms with Crippen LogP contribution in [0.5, 0.6) is 0 Å². The summed E-state index contributed by atoms with van der Waals surface area (Å²) in [5.74, 6) is -0.160. The molecule has 0 saturated heterocycles. The van der Waals surface area contributed by atoms with Gasteiger partial charge in [-0.3, -0.25) is 4.79 Å². The minimum atomic E-state index is -0.160. The number of hydrogen-bond acceptors (Lipinski definition) is 3. The number of nitrogens with zero attached hydrogens (tertiary/aromatic N) is 4. The summed E-state index contributed by atoms with van der Waals surface area (Å²) in [7, 11) is 0. The summed E-state index contributed by atoms with van der Waals surface area (Å²) in [4.78, 5) is 13.1. The van der Waals surface area contributed by atoms with E-state index in [2.05, 4.69) is 37.1 Å². The summed E-state index contributed by atoms with van der Waals surface area (Å²) in [6, 6.07) is 13.4. The minimum absolute atomic E-state index is 0.160. The normalized spacial score (nSPS) is 15.3. The molecule has 1 amide bonds. The fourth-order valence-corrected chi connectivity index (χ4v) is 3.68. The molecule has 0 fully saturated rings. The van der Waals surface area contributed by atoms with Crippen molar-refractivity contribution in [1.82, 2.24) is 9.78 Å². The van der Waals surface area contributed by atoms with Gasteiger partial charge in [-0.15, -0.1) is 0 Å². The third-order valence-corrected chi connectivity index (χ3v) is 5.76. The average molecular weight is 419 g/mol. The average Bonchev–Trinajstić information content (AvgIpc) is 3.15. The van der Waals surface area contributed by atoms with Crippen LogP contribution >= 0.6 is 11.6 Å². The number of carbonyl (C=O) groups is 1. The van der Waals surface area contributed by atoms with Crippen LogP contribution in [-0.4, -0.2) is 21.4 Å². The molecule has 0 spiro atoms. The Morgan fingerprint density at radius 2 is 1.57 bits per heavy atom. The van der Waals surface area contributed by atoms with E-state index in [1.54, 1.807) is 24.3 Å². The van der Waals surface area contributed by atoms with Crippen molar-refractivity contribution in [3.8, 4) is 5.69 Å². The summed E-state index contributed by atoms with van der Waals surface area (Å²) in [6.45, 7) is 10.0. The maximum Gasteiger partial charge on any atom is 0.280 e. The first-order valence-electron chi connectivity index (χ1n) is 9.77. The third kappa shape index (κ3) is 3.46. The number of aryl methyl sites for hydroxylation is 3. The smallest absolute Gasteiger partial charge is 0.267 e. The Hall–Kier alpha value is -3.18. The summed E-state index contributed by atoms with van der Waals surface area (Å²) < 4.78 is 1.93. The largest absolute Gasteiger partial charge is 0.280 e. The van der Waals surface area contributed by atoms with E-state index in [0.717, 1.165) is 22.6 Å². The standard InChI is InChI=1S/C24H23ClN4O/c1-14-6-9-21(12-15(14)2)28-18(5)22(16(3)26-28)13-23-17(4)27-29(24(23)30)20-10-7-19(25)8-11-20/h6-13H,1-5H3/b23-13-. The van der Waals surface area contributed by atoms with Crippen molar-refractivity contribution in [2.24, 2.45) is 5.10 Å². The fraction of sp³-hybridized carbons (Fsp3) is 0.208. The first-order chi connectivity index (χ1) is 14.3. The van der Waals surface area contributed by atoms with Crippen LogP contribution in [0.1, 0.15) is 35.0 Å². The third-order valence-electron chi connectivity index (χ3n) is 5.50. The molecule has 1 aromatic heterocycles. The van der Waals surface area contributed by atoms with Crippen molar-refractivity contribution in [2.45, 2.75) is 34.6 Å². The first-order valence-corrected chi connectivity index (χ1v) is 10.1.